The smallest absolute Gasteiger partial charge is 0.251 e. The van der Waals surface area contributed by atoms with Crippen LogP contribution in [0.3, 0.4) is 0 Å². The monoisotopic (exact) mass is 339 g/mol. The van der Waals surface area contributed by atoms with Crippen LogP contribution in [-0.4, -0.2) is 43.9 Å². The van der Waals surface area contributed by atoms with Gasteiger partial charge in [0.15, 0.2) is 0 Å². The molecule has 0 saturated carbocycles. The van der Waals surface area contributed by atoms with E-state index in [-0.39, 0.29) is 11.8 Å². The second-order valence-corrected chi connectivity index (χ2v) is 6.31. The molecule has 2 rings (SSSR count). The number of aryl methyl sites for hydroxylation is 1. The summed E-state index contributed by atoms with van der Waals surface area (Å²) in [5, 5.41) is 5.74. The van der Waals surface area contributed by atoms with Crippen molar-refractivity contribution < 1.29 is 9.59 Å². The van der Waals surface area contributed by atoms with Gasteiger partial charge in [0, 0.05) is 30.8 Å². The Balaban J connectivity index is 1.95. The molecule has 0 aliphatic rings. The Morgan fingerprint density at radius 3 is 2.20 bits per heavy atom. The first-order valence-electron chi connectivity index (χ1n) is 8.32. The molecule has 25 heavy (non-hydrogen) atoms. The zero-order valence-electron chi connectivity index (χ0n) is 15.0. The summed E-state index contributed by atoms with van der Waals surface area (Å²) in [7, 11) is 3.90. The Labute approximate surface area is 149 Å². The van der Waals surface area contributed by atoms with Gasteiger partial charge >= 0.3 is 0 Å². The van der Waals surface area contributed by atoms with Gasteiger partial charge in [-0.1, -0.05) is 35.9 Å². The third kappa shape index (κ3) is 6.04. The van der Waals surface area contributed by atoms with Crippen LogP contribution in [0.5, 0.6) is 0 Å². The molecule has 0 spiro atoms. The van der Waals surface area contributed by atoms with E-state index in [4.69, 9.17) is 0 Å². The molecule has 132 valence electrons. The lowest BCUT2D eigenvalue weighted by Gasteiger charge is -2.11. The minimum atomic E-state index is -0.190. The molecule has 0 unspecified atom stereocenters. The van der Waals surface area contributed by atoms with Crippen LogP contribution in [0.1, 0.15) is 31.8 Å². The Morgan fingerprint density at radius 1 is 0.920 bits per heavy atom. The van der Waals surface area contributed by atoms with Gasteiger partial charge in [0.05, 0.1) is 0 Å². The molecule has 2 amide bonds. The highest BCUT2D eigenvalue weighted by atomic mass is 16.2. The summed E-state index contributed by atoms with van der Waals surface area (Å²) in [5.41, 5.74) is 3.17. The van der Waals surface area contributed by atoms with Crippen LogP contribution in [0, 0.1) is 6.92 Å². The summed E-state index contributed by atoms with van der Waals surface area (Å²) in [6.45, 7) is 3.81. The zero-order valence-corrected chi connectivity index (χ0v) is 15.0. The lowest BCUT2D eigenvalue weighted by atomic mass is 10.1. The maximum absolute atomic E-state index is 12.3. The van der Waals surface area contributed by atoms with Crippen LogP contribution in [-0.2, 0) is 6.54 Å². The predicted molar refractivity (Wildman–Crippen MR) is 99.7 cm³/mol. The quantitative estimate of drug-likeness (QED) is 0.813. The van der Waals surface area contributed by atoms with Crippen LogP contribution in [0.4, 0.5) is 0 Å². The van der Waals surface area contributed by atoms with E-state index in [1.165, 1.54) is 0 Å². The highest BCUT2D eigenvalue weighted by Gasteiger charge is 2.10. The van der Waals surface area contributed by atoms with Crippen molar-refractivity contribution in [3.63, 3.8) is 0 Å². The van der Waals surface area contributed by atoms with Crippen molar-refractivity contribution in [2.24, 2.45) is 0 Å². The van der Waals surface area contributed by atoms with Gasteiger partial charge in [-0.05, 0) is 44.8 Å². The van der Waals surface area contributed by atoms with Crippen LogP contribution >= 0.6 is 0 Å². The number of nitrogens with one attached hydrogen (secondary N) is 2. The third-order valence-electron chi connectivity index (χ3n) is 3.77. The second kappa shape index (κ2) is 8.99. The van der Waals surface area contributed by atoms with Gasteiger partial charge in [0.2, 0.25) is 0 Å². The van der Waals surface area contributed by atoms with Gasteiger partial charge in [-0.25, -0.2) is 0 Å². The fourth-order valence-corrected chi connectivity index (χ4v) is 2.40. The van der Waals surface area contributed by atoms with E-state index in [1.54, 1.807) is 24.3 Å². The number of carbonyl (C=O) groups excluding carboxylic acids is 2. The lowest BCUT2D eigenvalue weighted by Crippen LogP contribution is -2.31. The van der Waals surface area contributed by atoms with E-state index in [9.17, 15) is 9.59 Å². The fraction of sp³-hybridized carbons (Fsp3) is 0.300. The number of hydrogen-bond donors (Lipinski definition) is 2. The molecule has 0 radical (unpaired) electrons. The number of amides is 2. The Hall–Kier alpha value is -2.66. The first-order valence-corrected chi connectivity index (χ1v) is 8.32. The SMILES string of the molecule is Cc1cccc(CNC(=O)c2cccc(C(=O)NCCN(C)C)c2)c1. The summed E-state index contributed by atoms with van der Waals surface area (Å²) >= 11 is 0. The second-order valence-electron chi connectivity index (χ2n) is 6.31. The fourth-order valence-electron chi connectivity index (χ4n) is 2.40. The summed E-state index contributed by atoms with van der Waals surface area (Å²) in [6, 6.07) is 14.8. The molecular weight excluding hydrogens is 314 g/mol. The topological polar surface area (TPSA) is 61.4 Å². The van der Waals surface area contributed by atoms with Gasteiger partial charge in [-0.15, -0.1) is 0 Å². The number of hydrogen-bond acceptors (Lipinski definition) is 3. The normalized spacial score (nSPS) is 10.6. The van der Waals surface area contributed by atoms with Gasteiger partial charge in [-0.2, -0.15) is 0 Å². The minimum Gasteiger partial charge on any atom is -0.351 e. The molecular formula is C20H25N3O2. The number of nitrogens with zero attached hydrogens (tertiary/aromatic N) is 1. The summed E-state index contributed by atoms with van der Waals surface area (Å²) < 4.78 is 0. The predicted octanol–water partition coefficient (Wildman–Crippen LogP) is 2.22. The highest BCUT2D eigenvalue weighted by molar-refractivity contribution is 5.99. The van der Waals surface area contributed by atoms with Gasteiger partial charge in [0.25, 0.3) is 11.8 Å². The Kier molecular flexibility index (Phi) is 6.71. The Morgan fingerprint density at radius 2 is 1.56 bits per heavy atom. The van der Waals surface area contributed by atoms with E-state index >= 15 is 0 Å². The molecule has 0 bridgehead atoms. The van der Waals surface area contributed by atoms with Gasteiger partial charge < -0.3 is 15.5 Å². The van der Waals surface area contributed by atoms with Crippen molar-refractivity contribution in [2.75, 3.05) is 27.2 Å². The molecule has 0 aliphatic carbocycles. The first kappa shape index (κ1) is 18.7. The van der Waals surface area contributed by atoms with E-state index in [0.29, 0.717) is 24.2 Å². The van der Waals surface area contributed by atoms with E-state index < -0.39 is 0 Å². The molecule has 5 heteroatoms. The zero-order chi connectivity index (χ0) is 18.2. The molecule has 2 N–H and O–H groups in total. The van der Waals surface area contributed by atoms with Crippen molar-refractivity contribution in [3.05, 3.63) is 70.8 Å². The van der Waals surface area contributed by atoms with Crippen molar-refractivity contribution >= 4 is 11.8 Å². The average Bonchev–Trinajstić information content (AvgIpc) is 2.59. The van der Waals surface area contributed by atoms with Crippen molar-refractivity contribution in [2.45, 2.75) is 13.5 Å². The minimum absolute atomic E-state index is 0.171. The maximum Gasteiger partial charge on any atom is 0.251 e. The largest absolute Gasteiger partial charge is 0.351 e. The lowest BCUT2D eigenvalue weighted by molar-refractivity contribution is 0.0950. The number of carbonyl (C=O) groups is 2. The summed E-state index contributed by atoms with van der Waals surface area (Å²) in [5.74, 6) is -0.361. The third-order valence-corrected chi connectivity index (χ3v) is 3.77. The van der Waals surface area contributed by atoms with E-state index in [1.807, 2.05) is 50.2 Å². The molecule has 5 nitrogen and oxygen atoms in total. The van der Waals surface area contributed by atoms with Crippen LogP contribution in [0.2, 0.25) is 0 Å². The van der Waals surface area contributed by atoms with Crippen LogP contribution < -0.4 is 10.6 Å². The van der Waals surface area contributed by atoms with Gasteiger partial charge in [0.1, 0.15) is 0 Å². The van der Waals surface area contributed by atoms with Crippen molar-refractivity contribution in [3.8, 4) is 0 Å². The van der Waals surface area contributed by atoms with E-state index in [2.05, 4.69) is 10.6 Å². The molecule has 0 fully saturated rings. The molecule has 2 aromatic rings. The molecule has 0 atom stereocenters. The number of likely N-dealkylation sites (N-methyl/N-ethyl adjacent to an activating group) is 1. The van der Waals surface area contributed by atoms with E-state index in [0.717, 1.165) is 17.7 Å². The summed E-state index contributed by atoms with van der Waals surface area (Å²) in [4.78, 5) is 26.5. The molecule has 0 aliphatic heterocycles. The first-order chi connectivity index (χ1) is 12.0. The molecule has 0 aromatic heterocycles. The van der Waals surface area contributed by atoms with Crippen LogP contribution in [0.25, 0.3) is 0 Å². The molecule has 0 heterocycles. The average molecular weight is 339 g/mol. The molecule has 2 aromatic carbocycles. The maximum atomic E-state index is 12.3. The number of benzene rings is 2. The number of rotatable bonds is 7. The summed E-state index contributed by atoms with van der Waals surface area (Å²) in [6.07, 6.45) is 0. The standard InChI is InChI=1S/C20H25N3O2/c1-15-6-4-7-16(12-15)14-22-20(25)18-9-5-8-17(13-18)19(24)21-10-11-23(2)3/h4-9,12-13H,10-11,14H2,1-3H3,(H,21,24)(H,22,25). The van der Waals surface area contributed by atoms with Gasteiger partial charge in [-0.3, -0.25) is 9.59 Å². The van der Waals surface area contributed by atoms with Crippen molar-refractivity contribution in [1.82, 2.24) is 15.5 Å². The van der Waals surface area contributed by atoms with Crippen molar-refractivity contribution in [1.29, 1.82) is 0 Å². The van der Waals surface area contributed by atoms with Crippen LogP contribution in [0.15, 0.2) is 48.5 Å². The highest BCUT2D eigenvalue weighted by Crippen LogP contribution is 2.07. The Bertz CT molecular complexity index is 741. The molecule has 0 saturated heterocycles.